The molecule has 0 saturated carbocycles. The summed E-state index contributed by atoms with van der Waals surface area (Å²) in [6.45, 7) is 7.78. The number of carbonyl (C=O) groups excluding carboxylic acids is 1. The van der Waals surface area contributed by atoms with Crippen molar-refractivity contribution in [2.24, 2.45) is 0 Å². The first-order valence-corrected chi connectivity index (χ1v) is 16.9. The Morgan fingerprint density at radius 1 is 1.00 bits per heavy atom. The molecule has 3 heteroatoms. The monoisotopic (exact) mass is 401 g/mol. The van der Waals surface area contributed by atoms with E-state index < -0.39 is 18.4 Å². The van der Waals surface area contributed by atoms with Crippen molar-refractivity contribution in [3.8, 4) is 0 Å². The number of amides is 1. The molecule has 0 radical (unpaired) electrons. The van der Waals surface area contributed by atoms with Gasteiger partial charge in [0, 0.05) is 0 Å². The Hall–Kier alpha value is 0.00870. The van der Waals surface area contributed by atoms with E-state index in [-0.39, 0.29) is 5.91 Å². The van der Waals surface area contributed by atoms with Gasteiger partial charge in [0.1, 0.15) is 0 Å². The number of piperidine rings is 1. The summed E-state index contributed by atoms with van der Waals surface area (Å²) >= 11 is -2.27. The van der Waals surface area contributed by atoms with E-state index in [2.05, 4.69) is 30.2 Å². The Balaban J connectivity index is 2.93. The number of hydrogen-bond donors (Lipinski definition) is 1. The summed E-state index contributed by atoms with van der Waals surface area (Å²) in [5.41, 5.74) is 1.15. The molecule has 0 unspecified atom stereocenters. The van der Waals surface area contributed by atoms with Crippen LogP contribution in [0.5, 0.6) is 0 Å². The van der Waals surface area contributed by atoms with Crippen LogP contribution in [-0.4, -0.2) is 30.8 Å². The molecule has 0 aromatic rings. The molecule has 1 amide bonds. The van der Waals surface area contributed by atoms with E-state index in [4.69, 9.17) is 0 Å². The van der Waals surface area contributed by atoms with Crippen LogP contribution in [0.25, 0.3) is 0 Å². The van der Waals surface area contributed by atoms with Crippen LogP contribution in [0.1, 0.15) is 72.1 Å². The Morgan fingerprint density at radius 2 is 1.52 bits per heavy atom. The van der Waals surface area contributed by atoms with Crippen molar-refractivity contribution in [2.75, 3.05) is 6.54 Å². The summed E-state index contributed by atoms with van der Waals surface area (Å²) in [7, 11) is 0. The van der Waals surface area contributed by atoms with E-state index in [1.807, 2.05) is 0 Å². The molecule has 122 valence electrons. The summed E-state index contributed by atoms with van der Waals surface area (Å²) < 4.78 is 6.98. The fourth-order valence-electron chi connectivity index (χ4n) is 3.39. The summed E-state index contributed by atoms with van der Waals surface area (Å²) in [5.74, 6) is 0.242. The number of hydrogen-bond acceptors (Lipinski definition) is 1. The van der Waals surface area contributed by atoms with Gasteiger partial charge in [0.2, 0.25) is 0 Å². The molecule has 0 atom stereocenters. The van der Waals surface area contributed by atoms with Gasteiger partial charge in [0.15, 0.2) is 0 Å². The van der Waals surface area contributed by atoms with Crippen molar-refractivity contribution in [1.29, 1.82) is 0 Å². The van der Waals surface area contributed by atoms with Crippen molar-refractivity contribution >= 4 is 24.3 Å². The predicted octanol–water partition coefficient (Wildman–Crippen LogP) is 5.21. The zero-order valence-corrected chi connectivity index (χ0v) is 17.3. The van der Waals surface area contributed by atoms with Gasteiger partial charge in [-0.25, -0.2) is 0 Å². The molecule has 1 heterocycles. The molecule has 0 spiro atoms. The molecule has 0 bridgehead atoms. The molecule has 0 aromatic carbocycles. The third-order valence-corrected chi connectivity index (χ3v) is 19.1. The number of unbranched alkanes of at least 4 members (excludes halogenated alkanes) is 3. The summed E-state index contributed by atoms with van der Waals surface area (Å²) in [6, 6.07) is 0. The molecule has 21 heavy (non-hydrogen) atoms. The molecule has 1 rings (SSSR count). The second-order valence-corrected chi connectivity index (χ2v) is 19.6. The van der Waals surface area contributed by atoms with Crippen molar-refractivity contribution in [3.63, 3.8) is 0 Å². The number of carbonyl (C=O) groups is 1. The van der Waals surface area contributed by atoms with Crippen LogP contribution in [0.15, 0.2) is 9.67 Å². The van der Waals surface area contributed by atoms with E-state index in [0.717, 1.165) is 25.0 Å². The van der Waals surface area contributed by atoms with Gasteiger partial charge in [0.25, 0.3) is 0 Å². The first-order chi connectivity index (χ1) is 10.2. The molecule has 1 fully saturated rings. The van der Waals surface area contributed by atoms with E-state index in [9.17, 15) is 4.79 Å². The molecule has 1 aliphatic rings. The van der Waals surface area contributed by atoms with Crippen molar-refractivity contribution < 1.29 is 4.79 Å². The van der Waals surface area contributed by atoms with E-state index in [0.29, 0.717) is 0 Å². The molecule has 1 aliphatic heterocycles. The Labute approximate surface area is 136 Å². The summed E-state index contributed by atoms with van der Waals surface area (Å²) in [4.78, 5) is 12.1. The van der Waals surface area contributed by atoms with Gasteiger partial charge in [-0.1, -0.05) is 0 Å². The number of nitrogens with one attached hydrogen (secondary N) is 1. The molecular weight excluding hydrogens is 365 g/mol. The molecule has 1 N–H and O–H groups in total. The van der Waals surface area contributed by atoms with Crippen LogP contribution in [0.3, 0.4) is 0 Å². The molecule has 2 nitrogen and oxygen atoms in total. The van der Waals surface area contributed by atoms with E-state index >= 15 is 0 Å². The number of rotatable bonds is 10. The Morgan fingerprint density at radius 3 is 1.95 bits per heavy atom. The maximum atomic E-state index is 12.1. The minimum atomic E-state index is -2.27. The second kappa shape index (κ2) is 10.7. The Kier molecular flexibility index (Phi) is 9.70. The van der Waals surface area contributed by atoms with Gasteiger partial charge in [-0.3, -0.25) is 0 Å². The third-order valence-electron chi connectivity index (χ3n) is 4.77. The van der Waals surface area contributed by atoms with Gasteiger partial charge in [0.05, 0.1) is 0 Å². The first kappa shape index (κ1) is 19.1. The van der Waals surface area contributed by atoms with Crippen LogP contribution in [0.2, 0.25) is 13.3 Å². The van der Waals surface area contributed by atoms with Gasteiger partial charge < -0.3 is 0 Å². The van der Waals surface area contributed by atoms with Gasteiger partial charge in [-0.05, 0) is 0 Å². The zero-order valence-electron chi connectivity index (χ0n) is 14.5. The second-order valence-electron chi connectivity index (χ2n) is 6.70. The molecule has 0 aromatic heterocycles. The van der Waals surface area contributed by atoms with Gasteiger partial charge in [-0.2, -0.15) is 0 Å². The maximum absolute atomic E-state index is 12.1. The van der Waals surface area contributed by atoms with Crippen molar-refractivity contribution in [2.45, 2.75) is 85.4 Å². The predicted molar refractivity (Wildman–Crippen MR) is 95.2 cm³/mol. The third kappa shape index (κ3) is 6.75. The van der Waals surface area contributed by atoms with Gasteiger partial charge >= 0.3 is 136 Å². The first-order valence-electron chi connectivity index (χ1n) is 9.17. The quantitative estimate of drug-likeness (QED) is 0.396. The normalized spacial score (nSPS) is 18.0. The average Bonchev–Trinajstić information content (AvgIpc) is 2.51. The topological polar surface area (TPSA) is 29.1 Å². The van der Waals surface area contributed by atoms with Crippen LogP contribution in [0.4, 0.5) is 0 Å². The molecule has 1 saturated heterocycles. The fourth-order valence-corrected chi connectivity index (χ4v) is 18.7. The van der Waals surface area contributed by atoms with Crippen LogP contribution < -0.4 is 5.32 Å². The molecule has 0 aliphatic carbocycles. The average molecular weight is 400 g/mol. The molecular formula is C18H35NOSn. The summed E-state index contributed by atoms with van der Waals surface area (Å²) in [6.07, 6.45) is 10.2. The van der Waals surface area contributed by atoms with Crippen molar-refractivity contribution in [1.82, 2.24) is 5.32 Å². The van der Waals surface area contributed by atoms with Crippen LogP contribution >= 0.6 is 0 Å². The zero-order chi connectivity index (χ0) is 15.6. The SMILES string of the molecule is CCC[CH2][Sn](/[CH]=C1/CCCNC1=O)([CH2]CCC)[CH2]CCC. The van der Waals surface area contributed by atoms with E-state index in [1.165, 1.54) is 51.8 Å². The minimum absolute atomic E-state index is 0.242. The van der Waals surface area contributed by atoms with Gasteiger partial charge in [-0.15, -0.1) is 0 Å². The summed E-state index contributed by atoms with van der Waals surface area (Å²) in [5, 5.41) is 3.05. The fraction of sp³-hybridized carbons (Fsp3) is 0.833. The standard InChI is InChI=1S/C6H8NO.3C4H9.Sn/c1-5-3-2-4-7-6(5)8;3*1-3-4-2;/h1H,2-4H2,(H,7,8);3*1,3-4H2,2H3;. The van der Waals surface area contributed by atoms with E-state index in [1.54, 1.807) is 0 Å². The van der Waals surface area contributed by atoms with Crippen molar-refractivity contribution in [3.05, 3.63) is 9.67 Å². The van der Waals surface area contributed by atoms with Crippen LogP contribution in [-0.2, 0) is 4.79 Å². The van der Waals surface area contributed by atoms with Crippen LogP contribution in [0, 0.1) is 0 Å². The Bertz CT molecular complexity index is 316.